The van der Waals surface area contributed by atoms with Gasteiger partial charge < -0.3 is 14.8 Å². The van der Waals surface area contributed by atoms with Gasteiger partial charge in [-0.3, -0.25) is 9.69 Å². The Morgan fingerprint density at radius 2 is 1.77 bits per heavy atom. The predicted molar refractivity (Wildman–Crippen MR) is 101 cm³/mol. The lowest BCUT2D eigenvalue weighted by atomic mass is 10.1. The number of carboxylic acids is 2. The monoisotopic (exact) mass is 388 g/mol. The molecular formula is C17H12N2O5S2. The fraction of sp³-hybridized carbons (Fsp3) is 0.0588. The minimum absolute atomic E-state index is 0.112. The van der Waals surface area contributed by atoms with E-state index >= 15 is 0 Å². The van der Waals surface area contributed by atoms with Gasteiger partial charge in [0, 0.05) is 19.4 Å². The zero-order valence-corrected chi connectivity index (χ0v) is 15.0. The SMILES string of the molecule is Cn1ccc(/C=C2/SC(=S)N(c3cc(C(=O)O)cc(C(=O)O)c3)C2=O)c1. The highest BCUT2D eigenvalue weighted by Crippen LogP contribution is 2.36. The van der Waals surface area contributed by atoms with Crippen molar-refractivity contribution in [3.05, 3.63) is 58.3 Å². The van der Waals surface area contributed by atoms with E-state index in [9.17, 15) is 24.6 Å². The molecule has 1 aliphatic heterocycles. The first-order valence-corrected chi connectivity index (χ1v) is 8.50. The summed E-state index contributed by atoms with van der Waals surface area (Å²) in [4.78, 5) is 36.8. The van der Waals surface area contributed by atoms with Crippen molar-refractivity contribution in [2.75, 3.05) is 4.90 Å². The molecule has 26 heavy (non-hydrogen) atoms. The Morgan fingerprint density at radius 3 is 2.27 bits per heavy atom. The Morgan fingerprint density at radius 1 is 1.15 bits per heavy atom. The van der Waals surface area contributed by atoms with E-state index in [-0.39, 0.29) is 21.1 Å². The molecule has 0 unspecified atom stereocenters. The normalized spacial score (nSPS) is 15.7. The molecule has 0 spiro atoms. The minimum atomic E-state index is -1.29. The van der Waals surface area contributed by atoms with E-state index in [4.69, 9.17) is 12.2 Å². The van der Waals surface area contributed by atoms with Crippen LogP contribution in [0.3, 0.4) is 0 Å². The fourth-order valence-electron chi connectivity index (χ4n) is 2.44. The van der Waals surface area contributed by atoms with Crippen molar-refractivity contribution in [2.45, 2.75) is 0 Å². The number of thioether (sulfide) groups is 1. The van der Waals surface area contributed by atoms with Crippen LogP contribution < -0.4 is 4.90 Å². The second kappa shape index (κ2) is 6.77. The van der Waals surface area contributed by atoms with E-state index in [1.807, 2.05) is 30.1 Å². The van der Waals surface area contributed by atoms with Gasteiger partial charge in [0.05, 0.1) is 21.7 Å². The molecule has 0 radical (unpaired) electrons. The lowest BCUT2D eigenvalue weighted by molar-refractivity contribution is -0.113. The van der Waals surface area contributed by atoms with Gasteiger partial charge in [-0.05, 0) is 35.9 Å². The average molecular weight is 388 g/mol. The second-order valence-corrected chi connectivity index (χ2v) is 7.18. The number of aromatic nitrogens is 1. The molecule has 0 atom stereocenters. The highest BCUT2D eigenvalue weighted by atomic mass is 32.2. The molecule has 1 aromatic carbocycles. The van der Waals surface area contributed by atoms with Gasteiger partial charge in [-0.2, -0.15) is 0 Å². The molecule has 0 bridgehead atoms. The third kappa shape index (κ3) is 3.39. The molecule has 2 heterocycles. The van der Waals surface area contributed by atoms with Crippen LogP contribution in [0.15, 0.2) is 41.6 Å². The van der Waals surface area contributed by atoms with Crippen molar-refractivity contribution in [2.24, 2.45) is 7.05 Å². The number of carbonyl (C=O) groups excluding carboxylic acids is 1. The van der Waals surface area contributed by atoms with Crippen molar-refractivity contribution >= 4 is 57.9 Å². The van der Waals surface area contributed by atoms with Gasteiger partial charge in [-0.1, -0.05) is 24.0 Å². The Kier molecular flexibility index (Phi) is 4.66. The Hall–Kier alpha value is -2.91. The Bertz CT molecular complexity index is 961. The van der Waals surface area contributed by atoms with E-state index in [1.54, 1.807) is 6.08 Å². The topological polar surface area (TPSA) is 99.8 Å². The summed E-state index contributed by atoms with van der Waals surface area (Å²) in [5.74, 6) is -3.01. The Labute approximate surface area is 157 Å². The number of benzene rings is 1. The molecule has 2 aromatic rings. The Balaban J connectivity index is 2.03. The van der Waals surface area contributed by atoms with E-state index in [0.29, 0.717) is 4.91 Å². The largest absolute Gasteiger partial charge is 0.478 e. The van der Waals surface area contributed by atoms with Crippen molar-refractivity contribution in [3.63, 3.8) is 0 Å². The second-order valence-electron chi connectivity index (χ2n) is 5.51. The molecule has 1 saturated heterocycles. The minimum Gasteiger partial charge on any atom is -0.478 e. The van der Waals surface area contributed by atoms with Crippen LogP contribution >= 0.6 is 24.0 Å². The number of amides is 1. The molecular weight excluding hydrogens is 376 g/mol. The summed E-state index contributed by atoms with van der Waals surface area (Å²) < 4.78 is 2.04. The number of carbonyl (C=O) groups is 3. The van der Waals surface area contributed by atoms with Crippen molar-refractivity contribution in [1.29, 1.82) is 0 Å². The number of thiocarbonyl (C=S) groups is 1. The van der Waals surface area contributed by atoms with Gasteiger partial charge in [0.25, 0.3) is 5.91 Å². The third-order valence-electron chi connectivity index (χ3n) is 3.62. The van der Waals surface area contributed by atoms with Crippen LogP contribution in [0.5, 0.6) is 0 Å². The fourth-order valence-corrected chi connectivity index (χ4v) is 3.74. The maximum absolute atomic E-state index is 12.7. The van der Waals surface area contributed by atoms with Crippen LogP contribution in [0.2, 0.25) is 0 Å². The highest BCUT2D eigenvalue weighted by molar-refractivity contribution is 8.27. The molecule has 2 N–H and O–H groups in total. The molecule has 1 amide bonds. The molecule has 7 nitrogen and oxygen atoms in total. The lowest BCUT2D eigenvalue weighted by Gasteiger charge is -2.16. The third-order valence-corrected chi connectivity index (χ3v) is 4.92. The summed E-state index contributed by atoms with van der Waals surface area (Å²) in [6.07, 6.45) is 5.35. The van der Waals surface area contributed by atoms with Crippen molar-refractivity contribution < 1.29 is 24.6 Å². The molecule has 1 fully saturated rings. The number of hydrogen-bond acceptors (Lipinski definition) is 5. The average Bonchev–Trinajstić information content (AvgIpc) is 3.10. The van der Waals surface area contributed by atoms with Crippen LogP contribution in [0.4, 0.5) is 5.69 Å². The summed E-state index contributed by atoms with van der Waals surface area (Å²) in [5.41, 5.74) is 0.460. The predicted octanol–water partition coefficient (Wildman–Crippen LogP) is 2.83. The van der Waals surface area contributed by atoms with E-state index in [1.165, 1.54) is 12.1 Å². The highest BCUT2D eigenvalue weighted by Gasteiger charge is 2.34. The van der Waals surface area contributed by atoms with Crippen LogP contribution in [-0.2, 0) is 11.8 Å². The molecule has 132 valence electrons. The number of carboxylic acid groups (broad SMARTS) is 2. The zero-order valence-electron chi connectivity index (χ0n) is 13.4. The summed E-state index contributed by atoms with van der Waals surface area (Å²) in [6.45, 7) is 0. The maximum atomic E-state index is 12.7. The molecule has 0 saturated carbocycles. The summed E-state index contributed by atoms with van der Waals surface area (Å²) in [6, 6.07) is 5.32. The van der Waals surface area contributed by atoms with Gasteiger partial charge in [-0.25, -0.2) is 9.59 Å². The number of aryl methyl sites for hydroxylation is 1. The number of anilines is 1. The lowest BCUT2D eigenvalue weighted by Crippen LogP contribution is -2.28. The number of aromatic carboxylic acids is 2. The van der Waals surface area contributed by atoms with Crippen LogP contribution in [-0.4, -0.2) is 36.9 Å². The first kappa shape index (κ1) is 17.9. The summed E-state index contributed by atoms with van der Waals surface area (Å²) >= 11 is 6.32. The summed E-state index contributed by atoms with van der Waals surface area (Å²) in [5, 5.41) is 18.4. The maximum Gasteiger partial charge on any atom is 0.335 e. The van der Waals surface area contributed by atoms with E-state index in [0.717, 1.165) is 28.3 Å². The molecule has 1 aromatic heterocycles. The molecule has 3 rings (SSSR count). The van der Waals surface area contributed by atoms with Gasteiger partial charge in [0.2, 0.25) is 0 Å². The number of hydrogen-bond donors (Lipinski definition) is 2. The van der Waals surface area contributed by atoms with Gasteiger partial charge in [-0.15, -0.1) is 0 Å². The zero-order chi connectivity index (χ0) is 19.0. The van der Waals surface area contributed by atoms with Gasteiger partial charge >= 0.3 is 11.9 Å². The first-order chi connectivity index (χ1) is 12.3. The first-order valence-electron chi connectivity index (χ1n) is 7.28. The van der Waals surface area contributed by atoms with E-state index in [2.05, 4.69) is 0 Å². The molecule has 0 aliphatic carbocycles. The molecule has 1 aliphatic rings. The van der Waals surface area contributed by atoms with Crippen molar-refractivity contribution in [3.8, 4) is 0 Å². The van der Waals surface area contributed by atoms with Gasteiger partial charge in [0.15, 0.2) is 4.32 Å². The van der Waals surface area contributed by atoms with Crippen molar-refractivity contribution in [1.82, 2.24) is 4.57 Å². The smallest absolute Gasteiger partial charge is 0.335 e. The quantitative estimate of drug-likeness (QED) is 0.614. The molecule has 9 heteroatoms. The number of rotatable bonds is 4. The van der Waals surface area contributed by atoms with Gasteiger partial charge in [0.1, 0.15) is 0 Å². The number of nitrogens with zero attached hydrogens (tertiary/aromatic N) is 2. The summed E-state index contributed by atoms with van der Waals surface area (Å²) in [7, 11) is 1.85. The van der Waals surface area contributed by atoms with Crippen LogP contribution in [0.1, 0.15) is 26.3 Å². The van der Waals surface area contributed by atoms with Crippen LogP contribution in [0.25, 0.3) is 6.08 Å². The van der Waals surface area contributed by atoms with Crippen LogP contribution in [0, 0.1) is 0 Å². The van der Waals surface area contributed by atoms with E-state index < -0.39 is 17.8 Å². The standard InChI is InChI=1S/C17H12N2O5S2/c1-18-3-2-9(8-18)4-13-14(20)19(17(25)26-13)12-6-10(15(21)22)5-11(7-12)16(23)24/h2-8H,1H3,(H,21,22)(H,23,24)/b13-4+.